The van der Waals surface area contributed by atoms with E-state index in [2.05, 4.69) is 4.74 Å². The first-order valence-corrected chi connectivity index (χ1v) is 4.68. The van der Waals surface area contributed by atoms with Crippen LogP contribution in [0.15, 0.2) is 0 Å². The molecule has 0 radical (unpaired) electrons. The SMILES string of the molecule is CC(O)C1(CCOCC(F)(F)F)CC1. The summed E-state index contributed by atoms with van der Waals surface area (Å²) >= 11 is 0. The Morgan fingerprint density at radius 1 is 1.43 bits per heavy atom. The smallest absolute Gasteiger partial charge is 0.393 e. The molecule has 0 aromatic heterocycles. The number of aliphatic hydroxyl groups excluding tert-OH is 1. The van der Waals surface area contributed by atoms with Crippen LogP contribution in [0.5, 0.6) is 0 Å². The molecule has 84 valence electrons. The Hall–Kier alpha value is -0.290. The maximum atomic E-state index is 11.7. The lowest BCUT2D eigenvalue weighted by atomic mass is 9.97. The van der Waals surface area contributed by atoms with E-state index in [1.807, 2.05) is 0 Å². The van der Waals surface area contributed by atoms with Crippen LogP contribution in [0.25, 0.3) is 0 Å². The van der Waals surface area contributed by atoms with Crippen molar-refractivity contribution in [1.29, 1.82) is 0 Å². The third-order valence-corrected chi connectivity index (χ3v) is 2.79. The lowest BCUT2D eigenvalue weighted by molar-refractivity contribution is -0.175. The van der Waals surface area contributed by atoms with Crippen LogP contribution in [0.4, 0.5) is 13.2 Å². The van der Waals surface area contributed by atoms with E-state index in [-0.39, 0.29) is 12.0 Å². The summed E-state index contributed by atoms with van der Waals surface area (Å²) in [5, 5.41) is 9.32. The van der Waals surface area contributed by atoms with Gasteiger partial charge in [-0.2, -0.15) is 13.2 Å². The average Bonchev–Trinajstić information content (AvgIpc) is 2.77. The minimum absolute atomic E-state index is 0.0738. The third-order valence-electron chi connectivity index (χ3n) is 2.79. The van der Waals surface area contributed by atoms with E-state index in [1.54, 1.807) is 6.92 Å². The molecule has 0 amide bonds. The van der Waals surface area contributed by atoms with Gasteiger partial charge in [-0.15, -0.1) is 0 Å². The fraction of sp³-hybridized carbons (Fsp3) is 1.00. The lowest BCUT2D eigenvalue weighted by Crippen LogP contribution is -2.22. The Morgan fingerprint density at radius 2 is 2.00 bits per heavy atom. The molecule has 0 bridgehead atoms. The zero-order valence-electron chi connectivity index (χ0n) is 8.10. The molecule has 2 nitrogen and oxygen atoms in total. The highest BCUT2D eigenvalue weighted by molar-refractivity contribution is 4.96. The number of rotatable bonds is 5. The van der Waals surface area contributed by atoms with Gasteiger partial charge in [0.15, 0.2) is 0 Å². The molecule has 0 saturated heterocycles. The van der Waals surface area contributed by atoms with E-state index < -0.39 is 18.9 Å². The van der Waals surface area contributed by atoms with Crippen molar-refractivity contribution in [2.45, 2.75) is 38.5 Å². The zero-order chi connectivity index (χ0) is 10.8. The van der Waals surface area contributed by atoms with Crippen LogP contribution >= 0.6 is 0 Å². The second-order valence-corrected chi connectivity index (χ2v) is 3.96. The summed E-state index contributed by atoms with van der Waals surface area (Å²) in [6.45, 7) is 0.560. The number of hydrogen-bond donors (Lipinski definition) is 1. The maximum absolute atomic E-state index is 11.7. The molecule has 1 saturated carbocycles. The second kappa shape index (κ2) is 4.06. The Morgan fingerprint density at radius 3 is 2.36 bits per heavy atom. The Labute approximate surface area is 81.1 Å². The third kappa shape index (κ3) is 3.46. The second-order valence-electron chi connectivity index (χ2n) is 3.96. The van der Waals surface area contributed by atoms with Gasteiger partial charge >= 0.3 is 6.18 Å². The molecule has 1 aliphatic carbocycles. The molecular formula is C9H15F3O2. The van der Waals surface area contributed by atoms with Gasteiger partial charge in [0, 0.05) is 6.61 Å². The van der Waals surface area contributed by atoms with E-state index in [0.717, 1.165) is 12.8 Å². The minimum atomic E-state index is -4.25. The Balaban J connectivity index is 2.10. The summed E-state index contributed by atoms with van der Waals surface area (Å²) < 4.78 is 39.5. The molecule has 1 N–H and O–H groups in total. The van der Waals surface area contributed by atoms with Crippen molar-refractivity contribution in [3.8, 4) is 0 Å². The summed E-state index contributed by atoms with van der Waals surface area (Å²) in [4.78, 5) is 0. The molecule has 0 heterocycles. The number of halogens is 3. The molecule has 1 fully saturated rings. The molecule has 0 aromatic carbocycles. The van der Waals surface area contributed by atoms with Crippen LogP contribution in [0.1, 0.15) is 26.2 Å². The molecule has 0 aliphatic heterocycles. The largest absolute Gasteiger partial charge is 0.411 e. The number of aliphatic hydroxyl groups is 1. The molecule has 0 aromatic rings. The van der Waals surface area contributed by atoms with E-state index in [9.17, 15) is 18.3 Å². The highest BCUT2D eigenvalue weighted by Gasteiger charge is 2.46. The molecule has 1 atom stereocenters. The van der Waals surface area contributed by atoms with E-state index in [1.165, 1.54) is 0 Å². The molecule has 14 heavy (non-hydrogen) atoms. The number of ether oxygens (including phenoxy) is 1. The molecule has 1 unspecified atom stereocenters. The average molecular weight is 212 g/mol. The van der Waals surface area contributed by atoms with Gasteiger partial charge in [-0.05, 0) is 31.6 Å². The molecule has 0 spiro atoms. The van der Waals surface area contributed by atoms with Gasteiger partial charge < -0.3 is 9.84 Å². The van der Waals surface area contributed by atoms with Crippen molar-refractivity contribution in [1.82, 2.24) is 0 Å². The van der Waals surface area contributed by atoms with Crippen molar-refractivity contribution >= 4 is 0 Å². The monoisotopic (exact) mass is 212 g/mol. The maximum Gasteiger partial charge on any atom is 0.411 e. The highest BCUT2D eigenvalue weighted by Crippen LogP contribution is 2.51. The predicted molar refractivity (Wildman–Crippen MR) is 44.8 cm³/mol. The van der Waals surface area contributed by atoms with Crippen molar-refractivity contribution in [3.63, 3.8) is 0 Å². The van der Waals surface area contributed by atoms with Gasteiger partial charge in [-0.1, -0.05) is 0 Å². The summed E-state index contributed by atoms with van der Waals surface area (Å²) in [5.41, 5.74) is -0.161. The summed E-state index contributed by atoms with van der Waals surface area (Å²) in [7, 11) is 0. The fourth-order valence-electron chi connectivity index (χ4n) is 1.50. The van der Waals surface area contributed by atoms with E-state index >= 15 is 0 Å². The molecule has 5 heteroatoms. The van der Waals surface area contributed by atoms with Gasteiger partial charge in [0.05, 0.1) is 6.10 Å². The van der Waals surface area contributed by atoms with Gasteiger partial charge in [0.2, 0.25) is 0 Å². The molecular weight excluding hydrogens is 197 g/mol. The molecule has 1 rings (SSSR count). The van der Waals surface area contributed by atoms with E-state index in [4.69, 9.17) is 0 Å². The summed E-state index contributed by atoms with van der Waals surface area (Å²) in [5.74, 6) is 0. The highest BCUT2D eigenvalue weighted by atomic mass is 19.4. The topological polar surface area (TPSA) is 29.5 Å². The standard InChI is InChI=1S/C9H15F3O2/c1-7(13)8(2-3-8)4-5-14-6-9(10,11)12/h7,13H,2-6H2,1H3. The van der Waals surface area contributed by atoms with Crippen molar-refractivity contribution in [3.05, 3.63) is 0 Å². The van der Waals surface area contributed by atoms with Crippen LogP contribution in [-0.4, -0.2) is 30.6 Å². The Kier molecular flexibility index (Phi) is 3.42. The number of hydrogen-bond acceptors (Lipinski definition) is 2. The first-order chi connectivity index (χ1) is 6.36. The first kappa shape index (κ1) is 11.8. The van der Waals surface area contributed by atoms with Crippen LogP contribution in [0, 0.1) is 5.41 Å². The van der Waals surface area contributed by atoms with Crippen LogP contribution < -0.4 is 0 Å². The zero-order valence-corrected chi connectivity index (χ0v) is 8.10. The quantitative estimate of drug-likeness (QED) is 0.707. The normalized spacial score (nSPS) is 22.1. The minimum Gasteiger partial charge on any atom is -0.393 e. The summed E-state index contributed by atoms with van der Waals surface area (Å²) in [6, 6.07) is 0. The first-order valence-electron chi connectivity index (χ1n) is 4.68. The van der Waals surface area contributed by atoms with Crippen molar-refractivity contribution in [2.75, 3.05) is 13.2 Å². The Bertz CT molecular complexity index is 185. The predicted octanol–water partition coefficient (Wildman–Crippen LogP) is 2.12. The fourth-order valence-corrected chi connectivity index (χ4v) is 1.50. The van der Waals surface area contributed by atoms with Gasteiger partial charge in [0.25, 0.3) is 0 Å². The van der Waals surface area contributed by atoms with Crippen molar-refractivity contribution < 1.29 is 23.0 Å². The lowest BCUT2D eigenvalue weighted by Gasteiger charge is -2.18. The summed E-state index contributed by atoms with van der Waals surface area (Å²) in [6.07, 6.45) is -2.40. The van der Waals surface area contributed by atoms with Gasteiger partial charge in [-0.3, -0.25) is 0 Å². The van der Waals surface area contributed by atoms with E-state index in [0.29, 0.717) is 6.42 Å². The molecule has 1 aliphatic rings. The van der Waals surface area contributed by atoms with Crippen LogP contribution in [0.3, 0.4) is 0 Å². The van der Waals surface area contributed by atoms with Gasteiger partial charge in [-0.25, -0.2) is 0 Å². The number of alkyl halides is 3. The van der Waals surface area contributed by atoms with Crippen LogP contribution in [-0.2, 0) is 4.74 Å². The van der Waals surface area contributed by atoms with Gasteiger partial charge in [0.1, 0.15) is 6.61 Å². The van der Waals surface area contributed by atoms with Crippen LogP contribution in [0.2, 0.25) is 0 Å². The van der Waals surface area contributed by atoms with Crippen molar-refractivity contribution in [2.24, 2.45) is 5.41 Å².